The third-order valence-corrected chi connectivity index (χ3v) is 9.14. The van der Waals surface area contributed by atoms with Crippen LogP contribution in [-0.2, 0) is 21.2 Å². The minimum atomic E-state index is -3.59. The predicted molar refractivity (Wildman–Crippen MR) is 127 cm³/mol. The van der Waals surface area contributed by atoms with Gasteiger partial charge < -0.3 is 9.80 Å². The zero-order valence-corrected chi connectivity index (χ0v) is 19.8. The van der Waals surface area contributed by atoms with Gasteiger partial charge in [0.15, 0.2) is 0 Å². The van der Waals surface area contributed by atoms with Crippen LogP contribution >= 0.6 is 11.6 Å². The van der Waals surface area contributed by atoms with E-state index in [1.54, 1.807) is 16.4 Å². The molecular weight excluding hydrogens is 446 g/mol. The topological polar surface area (TPSA) is 60.9 Å². The summed E-state index contributed by atoms with van der Waals surface area (Å²) in [5.41, 5.74) is 2.83. The van der Waals surface area contributed by atoms with Gasteiger partial charge in [0.05, 0.1) is 4.90 Å². The van der Waals surface area contributed by atoms with E-state index >= 15 is 0 Å². The van der Waals surface area contributed by atoms with Gasteiger partial charge in [-0.1, -0.05) is 24.1 Å². The minimum absolute atomic E-state index is 0.0669. The van der Waals surface area contributed by atoms with Gasteiger partial charge in [0.2, 0.25) is 15.9 Å². The van der Waals surface area contributed by atoms with Crippen molar-refractivity contribution in [2.75, 3.05) is 36.0 Å². The molecule has 0 radical (unpaired) electrons. The molecule has 8 heteroatoms. The Balaban J connectivity index is 1.32. The Morgan fingerprint density at radius 3 is 2.44 bits per heavy atom. The second-order valence-corrected chi connectivity index (χ2v) is 11.4. The Hall–Kier alpha value is -2.09. The van der Waals surface area contributed by atoms with Crippen molar-refractivity contribution in [1.29, 1.82) is 0 Å². The first-order valence-electron chi connectivity index (χ1n) is 11.3. The summed E-state index contributed by atoms with van der Waals surface area (Å²) in [6.07, 6.45) is 3.74. The number of piperazine rings is 1. The number of hydrogen-bond acceptors (Lipinski definition) is 4. The summed E-state index contributed by atoms with van der Waals surface area (Å²) >= 11 is 6.10. The first-order valence-corrected chi connectivity index (χ1v) is 13.1. The fourth-order valence-electron chi connectivity index (χ4n) is 4.96. The average Bonchev–Trinajstić information content (AvgIpc) is 3.07. The molecule has 32 heavy (non-hydrogen) atoms. The highest BCUT2D eigenvalue weighted by Gasteiger charge is 2.38. The molecule has 2 aromatic rings. The van der Waals surface area contributed by atoms with Crippen LogP contribution in [0, 0.1) is 5.92 Å². The number of hydrogen-bond donors (Lipinski definition) is 0. The van der Waals surface area contributed by atoms with Crippen molar-refractivity contribution in [3.8, 4) is 0 Å². The van der Waals surface area contributed by atoms with Crippen molar-refractivity contribution < 1.29 is 13.2 Å². The van der Waals surface area contributed by atoms with Crippen LogP contribution in [0.5, 0.6) is 0 Å². The van der Waals surface area contributed by atoms with Crippen LogP contribution in [0.4, 0.5) is 11.4 Å². The molecule has 1 atom stereocenters. The zero-order valence-electron chi connectivity index (χ0n) is 18.2. The monoisotopic (exact) mass is 473 g/mol. The number of sulfonamides is 1. The molecule has 2 aromatic carbocycles. The lowest BCUT2D eigenvalue weighted by Crippen LogP contribution is -2.48. The molecule has 170 valence electrons. The highest BCUT2D eigenvalue weighted by molar-refractivity contribution is 7.89. The number of fused-ring (bicyclic) bond motifs is 1. The summed E-state index contributed by atoms with van der Waals surface area (Å²) in [6, 6.07) is 13.0. The summed E-state index contributed by atoms with van der Waals surface area (Å²) < 4.78 is 28.3. The van der Waals surface area contributed by atoms with E-state index in [1.807, 2.05) is 42.2 Å². The molecule has 0 bridgehead atoms. The Kier molecular flexibility index (Phi) is 5.68. The number of carbonyl (C=O) groups is 1. The standard InChI is InChI=1S/C24H28ClN3O3S/c1-17-14-19-15-22(8-9-23(19)28(17)24(29)18-4-2-5-18)32(30,31)27-12-10-26(11-13-27)21-7-3-6-20(25)16-21/h3,6-9,15-18H,2,4-5,10-14H2,1H3/t17-/m1/s1. The molecule has 3 aliphatic rings. The summed E-state index contributed by atoms with van der Waals surface area (Å²) in [5.74, 6) is 0.317. The van der Waals surface area contributed by atoms with E-state index < -0.39 is 10.0 Å². The van der Waals surface area contributed by atoms with Gasteiger partial charge in [-0.15, -0.1) is 0 Å². The van der Waals surface area contributed by atoms with Gasteiger partial charge in [0.25, 0.3) is 0 Å². The Morgan fingerprint density at radius 2 is 1.78 bits per heavy atom. The SMILES string of the molecule is C[C@@H]1Cc2cc(S(=O)(=O)N3CCN(c4cccc(Cl)c4)CC3)ccc2N1C(=O)C1CCC1. The second-order valence-electron chi connectivity index (χ2n) is 9.05. The maximum absolute atomic E-state index is 13.4. The molecule has 1 saturated heterocycles. The van der Waals surface area contributed by atoms with Crippen molar-refractivity contribution in [2.45, 2.75) is 43.5 Å². The van der Waals surface area contributed by atoms with Crippen LogP contribution in [-0.4, -0.2) is 50.9 Å². The molecule has 2 aliphatic heterocycles. The van der Waals surface area contributed by atoms with Gasteiger partial charge in [-0.2, -0.15) is 4.31 Å². The molecule has 6 nitrogen and oxygen atoms in total. The first kappa shape index (κ1) is 21.7. The molecular formula is C24H28ClN3O3S. The molecule has 0 unspecified atom stereocenters. The Morgan fingerprint density at radius 1 is 1.03 bits per heavy atom. The van der Waals surface area contributed by atoms with E-state index in [0.29, 0.717) is 42.5 Å². The number of rotatable bonds is 4. The van der Waals surface area contributed by atoms with Gasteiger partial charge in [-0.25, -0.2) is 8.42 Å². The van der Waals surface area contributed by atoms with Crippen molar-refractivity contribution in [2.24, 2.45) is 5.92 Å². The second kappa shape index (κ2) is 8.36. The quantitative estimate of drug-likeness (QED) is 0.675. The number of nitrogens with zero attached hydrogens (tertiary/aromatic N) is 3. The molecule has 0 aromatic heterocycles. The molecule has 0 spiro atoms. The van der Waals surface area contributed by atoms with E-state index in [9.17, 15) is 13.2 Å². The van der Waals surface area contributed by atoms with Crippen LogP contribution in [0.15, 0.2) is 47.4 Å². The smallest absolute Gasteiger partial charge is 0.243 e. The normalized spacial score (nSPS) is 22.0. The predicted octanol–water partition coefficient (Wildman–Crippen LogP) is 3.93. The molecule has 2 fully saturated rings. The molecule has 5 rings (SSSR count). The molecule has 1 aliphatic carbocycles. The van der Waals surface area contributed by atoms with Gasteiger partial charge >= 0.3 is 0 Å². The third-order valence-electron chi connectivity index (χ3n) is 7.01. The van der Waals surface area contributed by atoms with E-state index in [1.165, 1.54) is 0 Å². The van der Waals surface area contributed by atoms with E-state index in [0.717, 1.165) is 36.2 Å². The van der Waals surface area contributed by atoms with Gasteiger partial charge in [-0.3, -0.25) is 4.79 Å². The lowest BCUT2D eigenvalue weighted by Gasteiger charge is -2.35. The summed E-state index contributed by atoms with van der Waals surface area (Å²) in [4.78, 5) is 17.2. The summed E-state index contributed by atoms with van der Waals surface area (Å²) in [6.45, 7) is 4.12. The van der Waals surface area contributed by atoms with Crippen LogP contribution in [0.25, 0.3) is 0 Å². The third kappa shape index (κ3) is 3.80. The molecule has 1 amide bonds. The van der Waals surface area contributed by atoms with E-state index in [-0.39, 0.29) is 17.9 Å². The lowest BCUT2D eigenvalue weighted by molar-refractivity contribution is -0.125. The summed E-state index contributed by atoms with van der Waals surface area (Å²) in [5, 5.41) is 0.676. The van der Waals surface area contributed by atoms with Crippen molar-refractivity contribution >= 4 is 38.9 Å². The van der Waals surface area contributed by atoms with Crippen LogP contribution in [0.2, 0.25) is 5.02 Å². The number of amides is 1. The Labute approximate surface area is 194 Å². The summed E-state index contributed by atoms with van der Waals surface area (Å²) in [7, 11) is -3.59. The van der Waals surface area contributed by atoms with Gasteiger partial charge in [0.1, 0.15) is 0 Å². The van der Waals surface area contributed by atoms with Crippen LogP contribution < -0.4 is 9.80 Å². The highest BCUT2D eigenvalue weighted by Crippen LogP contribution is 2.38. The van der Waals surface area contributed by atoms with E-state index in [2.05, 4.69) is 4.90 Å². The molecule has 1 saturated carbocycles. The Bertz CT molecular complexity index is 1140. The number of carbonyl (C=O) groups excluding carboxylic acids is 1. The number of halogens is 1. The number of anilines is 2. The number of benzene rings is 2. The van der Waals surface area contributed by atoms with Gasteiger partial charge in [0, 0.05) is 54.5 Å². The molecule has 2 heterocycles. The first-order chi connectivity index (χ1) is 15.3. The van der Waals surface area contributed by atoms with Crippen LogP contribution in [0.3, 0.4) is 0 Å². The average molecular weight is 474 g/mol. The maximum atomic E-state index is 13.4. The van der Waals surface area contributed by atoms with Crippen molar-refractivity contribution in [3.63, 3.8) is 0 Å². The van der Waals surface area contributed by atoms with Crippen molar-refractivity contribution in [1.82, 2.24) is 4.31 Å². The van der Waals surface area contributed by atoms with E-state index in [4.69, 9.17) is 11.6 Å². The van der Waals surface area contributed by atoms with Crippen LogP contribution in [0.1, 0.15) is 31.7 Å². The van der Waals surface area contributed by atoms with Gasteiger partial charge in [-0.05, 0) is 68.1 Å². The fraction of sp³-hybridized carbons (Fsp3) is 0.458. The fourth-order valence-corrected chi connectivity index (χ4v) is 6.62. The maximum Gasteiger partial charge on any atom is 0.243 e. The molecule has 0 N–H and O–H groups in total. The minimum Gasteiger partial charge on any atom is -0.369 e. The lowest BCUT2D eigenvalue weighted by atomic mass is 9.84. The zero-order chi connectivity index (χ0) is 22.5. The van der Waals surface area contributed by atoms with Crippen molar-refractivity contribution in [3.05, 3.63) is 53.1 Å². The highest BCUT2D eigenvalue weighted by atomic mass is 35.5. The largest absolute Gasteiger partial charge is 0.369 e.